The van der Waals surface area contributed by atoms with Crippen LogP contribution < -0.4 is 4.74 Å². The summed E-state index contributed by atoms with van der Waals surface area (Å²) < 4.78 is 33.7. The number of aliphatic hydroxyl groups excluding tert-OH is 1. The molecule has 3 heterocycles. The first-order chi connectivity index (χ1) is 16.6. The maximum absolute atomic E-state index is 13.5. The topological polar surface area (TPSA) is 72.1 Å². The molecule has 1 atom stereocenters. The summed E-state index contributed by atoms with van der Waals surface area (Å²) in [6.45, 7) is -0.311. The van der Waals surface area contributed by atoms with Crippen molar-refractivity contribution in [3.05, 3.63) is 83.2 Å². The Morgan fingerprint density at radius 2 is 2.06 bits per heavy atom. The normalized spacial score (nSPS) is 20.8. The standard InChI is InChI=1S/C25H24F2N4O3/c1-33-23-12-17(4-9-22(23)30-14-21(13-26)28-16-30)11-18-3-2-10-31-24(18)29-34-25(31,15-32)19-5-7-20(27)8-6-19/h4-9,11-12,14,16,32H,2-3,10,13,15H2,1H3. The number of hydrogen-bond acceptors (Lipinski definition) is 6. The van der Waals surface area contributed by atoms with E-state index in [1.54, 1.807) is 36.3 Å². The summed E-state index contributed by atoms with van der Waals surface area (Å²) in [5.74, 6) is 0.907. The number of alkyl halides is 1. The second-order valence-corrected chi connectivity index (χ2v) is 8.22. The van der Waals surface area contributed by atoms with Crippen LogP contribution in [0.3, 0.4) is 0 Å². The number of ether oxygens (including phenoxy) is 1. The van der Waals surface area contributed by atoms with E-state index in [1.165, 1.54) is 12.1 Å². The number of amidine groups is 1. The molecule has 2 aliphatic rings. The average molecular weight is 466 g/mol. The minimum absolute atomic E-state index is 0.326. The molecule has 7 nitrogen and oxygen atoms in total. The Balaban J connectivity index is 1.46. The van der Waals surface area contributed by atoms with Crippen molar-refractivity contribution in [2.45, 2.75) is 25.2 Å². The molecule has 176 valence electrons. The minimum Gasteiger partial charge on any atom is -0.495 e. The molecule has 3 aromatic rings. The first-order valence-corrected chi connectivity index (χ1v) is 11.0. The quantitative estimate of drug-likeness (QED) is 0.591. The van der Waals surface area contributed by atoms with Gasteiger partial charge in [0.2, 0.25) is 0 Å². The summed E-state index contributed by atoms with van der Waals surface area (Å²) in [6.07, 6.45) is 6.82. The third kappa shape index (κ3) is 3.71. The van der Waals surface area contributed by atoms with Crippen LogP contribution in [0.2, 0.25) is 0 Å². The van der Waals surface area contributed by atoms with Crippen molar-refractivity contribution in [3.8, 4) is 11.4 Å². The van der Waals surface area contributed by atoms with Crippen LogP contribution in [0.4, 0.5) is 8.78 Å². The number of benzene rings is 2. The number of fused-ring (bicyclic) bond motifs is 1. The number of aliphatic hydroxyl groups is 1. The van der Waals surface area contributed by atoms with Gasteiger partial charge in [-0.05, 0) is 66.5 Å². The van der Waals surface area contributed by atoms with Gasteiger partial charge in [0, 0.05) is 18.3 Å². The summed E-state index contributed by atoms with van der Waals surface area (Å²) in [6, 6.07) is 11.6. The van der Waals surface area contributed by atoms with Gasteiger partial charge in [-0.15, -0.1) is 0 Å². The molecule has 5 rings (SSSR count). The van der Waals surface area contributed by atoms with Crippen molar-refractivity contribution in [2.75, 3.05) is 20.3 Å². The van der Waals surface area contributed by atoms with E-state index in [-0.39, 0.29) is 12.4 Å². The largest absolute Gasteiger partial charge is 0.495 e. The highest BCUT2D eigenvalue weighted by molar-refractivity contribution is 6.03. The number of imidazole rings is 1. The zero-order valence-electron chi connectivity index (χ0n) is 18.6. The molecule has 1 unspecified atom stereocenters. The van der Waals surface area contributed by atoms with Gasteiger partial charge in [0.15, 0.2) is 5.84 Å². The fraction of sp³-hybridized carbons (Fsp3) is 0.280. The Bertz CT molecular complexity index is 1260. The molecule has 34 heavy (non-hydrogen) atoms. The molecule has 9 heteroatoms. The van der Waals surface area contributed by atoms with Crippen LogP contribution in [0, 0.1) is 5.82 Å². The van der Waals surface area contributed by atoms with E-state index >= 15 is 0 Å². The Morgan fingerprint density at radius 3 is 2.76 bits per heavy atom. The molecule has 1 N–H and O–H groups in total. The molecule has 2 aromatic carbocycles. The Morgan fingerprint density at radius 1 is 1.24 bits per heavy atom. The third-order valence-electron chi connectivity index (χ3n) is 6.20. The van der Waals surface area contributed by atoms with E-state index in [0.29, 0.717) is 29.4 Å². The molecule has 0 radical (unpaired) electrons. The van der Waals surface area contributed by atoms with Crippen LogP contribution in [-0.2, 0) is 17.2 Å². The first-order valence-electron chi connectivity index (χ1n) is 11.0. The van der Waals surface area contributed by atoms with E-state index in [2.05, 4.69) is 10.1 Å². The summed E-state index contributed by atoms with van der Waals surface area (Å²) >= 11 is 0. The Kier molecular flexibility index (Phi) is 5.79. The second kappa shape index (κ2) is 8.90. The molecular formula is C25H24F2N4O3. The average Bonchev–Trinajstić information content (AvgIpc) is 3.50. The molecular weight excluding hydrogens is 442 g/mol. The van der Waals surface area contributed by atoms with E-state index in [0.717, 1.165) is 29.7 Å². The van der Waals surface area contributed by atoms with E-state index in [9.17, 15) is 13.9 Å². The molecule has 1 saturated heterocycles. The van der Waals surface area contributed by atoms with Gasteiger partial charge in [0.1, 0.15) is 24.8 Å². The van der Waals surface area contributed by atoms with Gasteiger partial charge in [-0.2, -0.15) is 0 Å². The number of nitrogens with zero attached hydrogens (tertiary/aromatic N) is 4. The minimum atomic E-state index is -1.18. The summed E-state index contributed by atoms with van der Waals surface area (Å²) in [4.78, 5) is 11.8. The number of oxime groups is 1. The summed E-state index contributed by atoms with van der Waals surface area (Å²) in [5, 5.41) is 14.6. The van der Waals surface area contributed by atoms with Crippen molar-refractivity contribution >= 4 is 11.9 Å². The fourth-order valence-electron chi connectivity index (χ4n) is 4.47. The molecule has 0 amide bonds. The predicted molar refractivity (Wildman–Crippen MR) is 123 cm³/mol. The van der Waals surface area contributed by atoms with Crippen LogP contribution in [0.15, 0.2) is 65.7 Å². The molecule has 0 aliphatic carbocycles. The number of aromatic nitrogens is 2. The van der Waals surface area contributed by atoms with Gasteiger partial charge in [0.25, 0.3) is 5.72 Å². The number of methoxy groups -OCH3 is 1. The van der Waals surface area contributed by atoms with E-state index in [1.807, 2.05) is 29.2 Å². The van der Waals surface area contributed by atoms with Crippen molar-refractivity contribution in [1.29, 1.82) is 0 Å². The lowest BCUT2D eigenvalue weighted by Gasteiger charge is -2.38. The number of hydrogen-bond donors (Lipinski definition) is 1. The van der Waals surface area contributed by atoms with Crippen molar-refractivity contribution in [2.24, 2.45) is 5.16 Å². The summed E-state index contributed by atoms with van der Waals surface area (Å²) in [7, 11) is 1.58. The highest BCUT2D eigenvalue weighted by Crippen LogP contribution is 2.40. The van der Waals surface area contributed by atoms with Crippen LogP contribution in [0.5, 0.6) is 5.75 Å². The highest BCUT2D eigenvalue weighted by Gasteiger charge is 2.49. The maximum atomic E-state index is 13.5. The van der Waals surface area contributed by atoms with Crippen LogP contribution in [0.1, 0.15) is 29.7 Å². The van der Waals surface area contributed by atoms with E-state index < -0.39 is 12.4 Å². The van der Waals surface area contributed by atoms with Crippen LogP contribution in [-0.4, -0.2) is 45.7 Å². The van der Waals surface area contributed by atoms with Crippen LogP contribution >= 0.6 is 0 Å². The number of piperidine rings is 1. The van der Waals surface area contributed by atoms with E-state index in [4.69, 9.17) is 9.57 Å². The lowest BCUT2D eigenvalue weighted by Crippen LogP contribution is -2.51. The van der Waals surface area contributed by atoms with Crippen molar-refractivity contribution < 1.29 is 23.5 Å². The zero-order valence-corrected chi connectivity index (χ0v) is 18.6. The van der Waals surface area contributed by atoms with Gasteiger partial charge in [-0.3, -0.25) is 0 Å². The van der Waals surface area contributed by atoms with Gasteiger partial charge >= 0.3 is 0 Å². The smallest absolute Gasteiger partial charge is 0.260 e. The van der Waals surface area contributed by atoms with Crippen molar-refractivity contribution in [1.82, 2.24) is 14.5 Å². The maximum Gasteiger partial charge on any atom is 0.260 e. The molecule has 0 saturated carbocycles. The predicted octanol–water partition coefficient (Wildman–Crippen LogP) is 4.16. The molecule has 1 fully saturated rings. The monoisotopic (exact) mass is 466 g/mol. The van der Waals surface area contributed by atoms with Gasteiger partial charge in [0.05, 0.1) is 24.8 Å². The van der Waals surface area contributed by atoms with Gasteiger partial charge in [-0.25, -0.2) is 13.8 Å². The lowest BCUT2D eigenvalue weighted by molar-refractivity contribution is -0.137. The van der Waals surface area contributed by atoms with Gasteiger partial charge < -0.3 is 24.1 Å². The molecule has 1 aromatic heterocycles. The Hall–Kier alpha value is -3.72. The lowest BCUT2D eigenvalue weighted by atomic mass is 9.95. The molecule has 0 bridgehead atoms. The second-order valence-electron chi connectivity index (χ2n) is 8.22. The highest BCUT2D eigenvalue weighted by atomic mass is 19.1. The van der Waals surface area contributed by atoms with Crippen LogP contribution in [0.25, 0.3) is 11.8 Å². The molecule has 0 spiro atoms. The van der Waals surface area contributed by atoms with Crippen molar-refractivity contribution in [3.63, 3.8) is 0 Å². The van der Waals surface area contributed by atoms with Gasteiger partial charge in [-0.1, -0.05) is 11.2 Å². The Labute approximate surface area is 195 Å². The number of rotatable bonds is 6. The first kappa shape index (κ1) is 22.1. The summed E-state index contributed by atoms with van der Waals surface area (Å²) in [5.41, 5.74) is 2.41. The number of halogens is 2. The SMILES string of the molecule is COc1cc(C=C2CCCN3C2=NOC3(CO)c2ccc(F)cc2)ccc1-n1cnc(CF)c1. The third-order valence-corrected chi connectivity index (χ3v) is 6.20. The zero-order chi connectivity index (χ0) is 23.7. The molecule has 2 aliphatic heterocycles. The fourth-order valence-corrected chi connectivity index (χ4v) is 4.47.